The molecule has 1 heterocycles. The van der Waals surface area contributed by atoms with Crippen LogP contribution in [0.4, 0.5) is 5.69 Å². The van der Waals surface area contributed by atoms with Gasteiger partial charge in [0, 0.05) is 6.54 Å². The monoisotopic (exact) mass is 330 g/mol. The molecule has 2 rings (SSSR count). The Bertz CT molecular complexity index is 535. The normalized spacial score (nSPS) is 20.5. The van der Waals surface area contributed by atoms with Crippen molar-refractivity contribution in [2.45, 2.75) is 26.4 Å². The number of rotatable bonds is 4. The van der Waals surface area contributed by atoms with E-state index >= 15 is 0 Å². The van der Waals surface area contributed by atoms with Crippen molar-refractivity contribution in [2.24, 2.45) is 5.92 Å². The molecule has 0 bridgehead atoms. The molecule has 0 saturated carbocycles. The van der Waals surface area contributed by atoms with Crippen LogP contribution in [-0.2, 0) is 4.79 Å². The minimum atomic E-state index is -0.335. The quantitative estimate of drug-likeness (QED) is 0.892. The molecule has 0 aliphatic carbocycles. The number of nitrogens with one attached hydrogen (secondary N) is 1. The molecule has 116 valence electrons. The SMILES string of the molecule is Cc1ccc(Cl)c(NC(=O)CN2CCC(C(C)O)C2)c1Cl. The van der Waals surface area contributed by atoms with Gasteiger partial charge >= 0.3 is 0 Å². The van der Waals surface area contributed by atoms with Crippen LogP contribution in [0.1, 0.15) is 18.9 Å². The third-order valence-electron chi connectivity index (χ3n) is 3.91. The van der Waals surface area contributed by atoms with Crippen molar-refractivity contribution in [3.63, 3.8) is 0 Å². The first kappa shape index (κ1) is 16.6. The topological polar surface area (TPSA) is 52.6 Å². The van der Waals surface area contributed by atoms with E-state index in [1.165, 1.54) is 0 Å². The highest BCUT2D eigenvalue weighted by atomic mass is 35.5. The summed E-state index contributed by atoms with van der Waals surface area (Å²) in [4.78, 5) is 14.2. The van der Waals surface area contributed by atoms with Gasteiger partial charge in [-0.05, 0) is 44.4 Å². The van der Waals surface area contributed by atoms with Crippen molar-refractivity contribution < 1.29 is 9.90 Å². The van der Waals surface area contributed by atoms with Crippen LogP contribution >= 0.6 is 23.2 Å². The number of aliphatic hydroxyl groups excluding tert-OH is 1. The molecule has 1 saturated heterocycles. The van der Waals surface area contributed by atoms with Gasteiger partial charge in [0.05, 0.1) is 28.4 Å². The number of carbonyl (C=O) groups is 1. The zero-order valence-corrected chi connectivity index (χ0v) is 13.7. The lowest BCUT2D eigenvalue weighted by Crippen LogP contribution is -2.32. The van der Waals surface area contributed by atoms with E-state index in [2.05, 4.69) is 5.32 Å². The van der Waals surface area contributed by atoms with Gasteiger partial charge < -0.3 is 10.4 Å². The van der Waals surface area contributed by atoms with Crippen molar-refractivity contribution in [2.75, 3.05) is 25.0 Å². The Balaban J connectivity index is 1.96. The number of carbonyl (C=O) groups excluding carboxylic acids is 1. The lowest BCUT2D eigenvalue weighted by molar-refractivity contribution is -0.117. The average molecular weight is 331 g/mol. The van der Waals surface area contributed by atoms with Crippen LogP contribution in [0.2, 0.25) is 10.0 Å². The lowest BCUT2D eigenvalue weighted by Gasteiger charge is -2.18. The maximum absolute atomic E-state index is 12.1. The first-order valence-electron chi connectivity index (χ1n) is 7.03. The Labute approximate surface area is 135 Å². The second-order valence-electron chi connectivity index (χ2n) is 5.63. The molecule has 0 aromatic heterocycles. The fourth-order valence-corrected chi connectivity index (χ4v) is 3.02. The predicted octanol–water partition coefficient (Wildman–Crippen LogP) is 2.94. The molecule has 21 heavy (non-hydrogen) atoms. The minimum absolute atomic E-state index is 0.143. The van der Waals surface area contributed by atoms with Crippen LogP contribution in [0, 0.1) is 12.8 Å². The molecule has 0 spiro atoms. The Morgan fingerprint density at radius 3 is 2.86 bits per heavy atom. The summed E-state index contributed by atoms with van der Waals surface area (Å²) in [6, 6.07) is 3.53. The summed E-state index contributed by atoms with van der Waals surface area (Å²) in [5, 5.41) is 13.3. The van der Waals surface area contributed by atoms with E-state index < -0.39 is 0 Å². The number of hydrogen-bond donors (Lipinski definition) is 2. The van der Waals surface area contributed by atoms with Crippen molar-refractivity contribution in [1.29, 1.82) is 0 Å². The minimum Gasteiger partial charge on any atom is -0.393 e. The first-order chi connectivity index (χ1) is 9.88. The summed E-state index contributed by atoms with van der Waals surface area (Å²) in [5.74, 6) is 0.0968. The Hall–Kier alpha value is -0.810. The summed E-state index contributed by atoms with van der Waals surface area (Å²) in [6.07, 6.45) is 0.579. The van der Waals surface area contributed by atoms with Crippen LogP contribution in [0.15, 0.2) is 12.1 Å². The van der Waals surface area contributed by atoms with Crippen LogP contribution in [0.5, 0.6) is 0 Å². The number of nitrogens with zero attached hydrogens (tertiary/aromatic N) is 1. The summed E-state index contributed by atoms with van der Waals surface area (Å²) >= 11 is 12.3. The lowest BCUT2D eigenvalue weighted by atomic mass is 10.0. The smallest absolute Gasteiger partial charge is 0.238 e. The molecule has 2 N–H and O–H groups in total. The summed E-state index contributed by atoms with van der Waals surface area (Å²) in [7, 11) is 0. The molecule has 1 aliphatic rings. The van der Waals surface area contributed by atoms with E-state index in [1.807, 2.05) is 17.9 Å². The van der Waals surface area contributed by atoms with Gasteiger partial charge in [0.2, 0.25) is 5.91 Å². The third kappa shape index (κ3) is 4.10. The molecule has 1 amide bonds. The van der Waals surface area contributed by atoms with Gasteiger partial charge in [-0.2, -0.15) is 0 Å². The van der Waals surface area contributed by atoms with Gasteiger partial charge in [-0.25, -0.2) is 0 Å². The molecule has 6 heteroatoms. The Morgan fingerprint density at radius 1 is 1.52 bits per heavy atom. The summed E-state index contributed by atoms with van der Waals surface area (Å²) in [5.41, 5.74) is 1.33. The number of benzene rings is 1. The molecule has 2 atom stereocenters. The molecule has 2 unspecified atom stereocenters. The summed E-state index contributed by atoms with van der Waals surface area (Å²) < 4.78 is 0. The number of likely N-dealkylation sites (tertiary alicyclic amines) is 1. The second-order valence-corrected chi connectivity index (χ2v) is 6.41. The maximum atomic E-state index is 12.1. The number of aryl methyl sites for hydroxylation is 1. The van der Waals surface area contributed by atoms with Gasteiger partial charge in [0.15, 0.2) is 0 Å². The van der Waals surface area contributed by atoms with Crippen LogP contribution in [-0.4, -0.2) is 41.7 Å². The van der Waals surface area contributed by atoms with Gasteiger partial charge in [-0.1, -0.05) is 29.3 Å². The zero-order valence-electron chi connectivity index (χ0n) is 12.2. The largest absolute Gasteiger partial charge is 0.393 e. The number of halogens is 2. The molecule has 1 fully saturated rings. The molecular formula is C15H20Cl2N2O2. The highest BCUT2D eigenvalue weighted by Crippen LogP contribution is 2.32. The fourth-order valence-electron chi connectivity index (χ4n) is 2.55. The van der Waals surface area contributed by atoms with Crippen LogP contribution in [0.3, 0.4) is 0 Å². The van der Waals surface area contributed by atoms with Crippen molar-refractivity contribution >= 4 is 34.8 Å². The predicted molar refractivity (Wildman–Crippen MR) is 86.1 cm³/mol. The van der Waals surface area contributed by atoms with Gasteiger partial charge in [-0.15, -0.1) is 0 Å². The first-order valence-corrected chi connectivity index (χ1v) is 7.79. The fraction of sp³-hybridized carbons (Fsp3) is 0.533. The van der Waals surface area contributed by atoms with E-state index in [0.717, 1.165) is 25.1 Å². The van der Waals surface area contributed by atoms with Crippen molar-refractivity contribution in [3.05, 3.63) is 27.7 Å². The van der Waals surface area contributed by atoms with Crippen molar-refractivity contribution in [3.8, 4) is 0 Å². The Kier molecular flexibility index (Phi) is 5.49. The third-order valence-corrected chi connectivity index (χ3v) is 4.71. The van der Waals surface area contributed by atoms with E-state index in [-0.39, 0.29) is 24.5 Å². The number of hydrogen-bond acceptors (Lipinski definition) is 3. The molecule has 0 radical (unpaired) electrons. The average Bonchev–Trinajstić information content (AvgIpc) is 2.88. The number of aliphatic hydroxyl groups is 1. The molecule has 1 aromatic carbocycles. The zero-order chi connectivity index (χ0) is 15.6. The van der Waals surface area contributed by atoms with Gasteiger partial charge in [0.25, 0.3) is 0 Å². The van der Waals surface area contributed by atoms with Gasteiger partial charge in [0.1, 0.15) is 0 Å². The molecular weight excluding hydrogens is 311 g/mol. The standard InChI is InChI=1S/C15H20Cl2N2O2/c1-9-3-4-12(16)15(14(9)17)18-13(21)8-19-6-5-11(7-19)10(2)20/h3-4,10-11,20H,5-8H2,1-2H3,(H,18,21). The van der Waals surface area contributed by atoms with Crippen LogP contribution in [0.25, 0.3) is 0 Å². The molecule has 1 aliphatic heterocycles. The van der Waals surface area contributed by atoms with E-state index in [4.69, 9.17) is 23.2 Å². The second kappa shape index (κ2) is 6.97. The maximum Gasteiger partial charge on any atom is 0.238 e. The highest BCUT2D eigenvalue weighted by molar-refractivity contribution is 6.40. The van der Waals surface area contributed by atoms with Crippen molar-refractivity contribution in [1.82, 2.24) is 4.90 Å². The molecule has 1 aromatic rings. The van der Waals surface area contributed by atoms with Crippen LogP contribution < -0.4 is 5.32 Å². The highest BCUT2D eigenvalue weighted by Gasteiger charge is 2.27. The Morgan fingerprint density at radius 2 is 2.24 bits per heavy atom. The van der Waals surface area contributed by atoms with E-state index in [9.17, 15) is 9.90 Å². The number of anilines is 1. The van der Waals surface area contributed by atoms with E-state index in [0.29, 0.717) is 15.7 Å². The molecule has 4 nitrogen and oxygen atoms in total. The summed E-state index contributed by atoms with van der Waals surface area (Å²) in [6.45, 7) is 5.49. The van der Waals surface area contributed by atoms with E-state index in [1.54, 1.807) is 13.0 Å². The van der Waals surface area contributed by atoms with Gasteiger partial charge in [-0.3, -0.25) is 9.69 Å². The number of amides is 1.